The summed E-state index contributed by atoms with van der Waals surface area (Å²) in [5.41, 5.74) is 0.238. The highest BCUT2D eigenvalue weighted by atomic mass is 35.5. The molecule has 1 atom stereocenters. The van der Waals surface area contributed by atoms with Crippen LogP contribution < -0.4 is 5.32 Å². The number of carbonyl (C=O) groups excluding carboxylic acids is 1. The van der Waals surface area contributed by atoms with Crippen LogP contribution in [0.15, 0.2) is 12.1 Å². The summed E-state index contributed by atoms with van der Waals surface area (Å²) in [6, 6.07) is 2.96. The molecule has 6 heteroatoms. The largest absolute Gasteiger partial charge is 0.392 e. The van der Waals surface area contributed by atoms with Crippen LogP contribution in [-0.4, -0.2) is 28.6 Å². The van der Waals surface area contributed by atoms with E-state index in [1.165, 1.54) is 12.1 Å². The molecule has 1 amide bonds. The Morgan fingerprint density at radius 2 is 2.27 bits per heavy atom. The fraction of sp³-hybridized carbons (Fsp3) is 0.333. The SMILES string of the molecule is C[C@H](O)CNC(=O)c1ccc(Cl)nc1Cl. The van der Waals surface area contributed by atoms with Crippen molar-refractivity contribution in [3.8, 4) is 0 Å². The first-order chi connectivity index (χ1) is 7.00. The maximum Gasteiger partial charge on any atom is 0.254 e. The Balaban J connectivity index is 2.74. The number of hydrogen-bond acceptors (Lipinski definition) is 3. The molecule has 0 aliphatic heterocycles. The minimum Gasteiger partial charge on any atom is -0.392 e. The molecule has 4 nitrogen and oxygen atoms in total. The van der Waals surface area contributed by atoms with Crippen LogP contribution in [0.25, 0.3) is 0 Å². The molecule has 1 rings (SSSR count). The quantitative estimate of drug-likeness (QED) is 0.798. The summed E-state index contributed by atoms with van der Waals surface area (Å²) in [6.07, 6.45) is -0.604. The summed E-state index contributed by atoms with van der Waals surface area (Å²) in [7, 11) is 0. The van der Waals surface area contributed by atoms with Crippen molar-refractivity contribution < 1.29 is 9.90 Å². The van der Waals surface area contributed by atoms with E-state index in [1.54, 1.807) is 6.92 Å². The lowest BCUT2D eigenvalue weighted by Crippen LogP contribution is -2.30. The second kappa shape index (κ2) is 5.30. The van der Waals surface area contributed by atoms with Gasteiger partial charge in [-0.2, -0.15) is 0 Å². The molecule has 0 bridgehead atoms. The second-order valence-electron chi connectivity index (χ2n) is 3.03. The van der Waals surface area contributed by atoms with Gasteiger partial charge in [0.2, 0.25) is 0 Å². The number of halogens is 2. The smallest absolute Gasteiger partial charge is 0.254 e. The minimum atomic E-state index is -0.604. The maximum atomic E-state index is 11.5. The summed E-state index contributed by atoms with van der Waals surface area (Å²) >= 11 is 11.3. The fourth-order valence-corrected chi connectivity index (χ4v) is 1.35. The standard InChI is InChI=1S/C9H10Cl2N2O2/c1-5(14)4-12-9(15)6-2-3-7(10)13-8(6)11/h2-3,5,14H,4H2,1H3,(H,12,15)/t5-/m0/s1. The van der Waals surface area contributed by atoms with Crippen LogP contribution in [0.4, 0.5) is 0 Å². The van der Waals surface area contributed by atoms with Gasteiger partial charge in [-0.1, -0.05) is 23.2 Å². The van der Waals surface area contributed by atoms with E-state index in [-0.39, 0.29) is 28.3 Å². The van der Waals surface area contributed by atoms with E-state index in [2.05, 4.69) is 10.3 Å². The lowest BCUT2D eigenvalue weighted by atomic mass is 10.2. The van der Waals surface area contributed by atoms with Crippen LogP contribution in [0.5, 0.6) is 0 Å². The third-order valence-electron chi connectivity index (χ3n) is 1.62. The number of pyridine rings is 1. The predicted octanol–water partition coefficient (Wildman–Crippen LogP) is 1.50. The van der Waals surface area contributed by atoms with Gasteiger partial charge in [-0.15, -0.1) is 0 Å². The summed E-state index contributed by atoms with van der Waals surface area (Å²) in [6.45, 7) is 1.74. The average molecular weight is 249 g/mol. The monoisotopic (exact) mass is 248 g/mol. The number of aliphatic hydroxyl groups excluding tert-OH is 1. The molecule has 15 heavy (non-hydrogen) atoms. The van der Waals surface area contributed by atoms with E-state index in [9.17, 15) is 4.79 Å². The molecule has 0 aliphatic carbocycles. The summed E-state index contributed by atoms with van der Waals surface area (Å²) in [4.78, 5) is 15.2. The van der Waals surface area contributed by atoms with Crippen LogP contribution in [-0.2, 0) is 0 Å². The van der Waals surface area contributed by atoms with Crippen LogP contribution in [0.2, 0.25) is 10.3 Å². The predicted molar refractivity (Wildman–Crippen MR) is 58.3 cm³/mol. The van der Waals surface area contributed by atoms with Gasteiger partial charge in [0.05, 0.1) is 11.7 Å². The first-order valence-corrected chi connectivity index (χ1v) is 5.04. The van der Waals surface area contributed by atoms with E-state index in [4.69, 9.17) is 28.3 Å². The molecule has 0 unspecified atom stereocenters. The summed E-state index contributed by atoms with van der Waals surface area (Å²) in [5, 5.41) is 11.8. The van der Waals surface area contributed by atoms with Crippen molar-refractivity contribution in [3.63, 3.8) is 0 Å². The van der Waals surface area contributed by atoms with Crippen molar-refractivity contribution >= 4 is 29.1 Å². The number of aliphatic hydroxyl groups is 1. The van der Waals surface area contributed by atoms with Gasteiger partial charge >= 0.3 is 0 Å². The number of amides is 1. The van der Waals surface area contributed by atoms with Gasteiger partial charge in [0.25, 0.3) is 5.91 Å². The Morgan fingerprint density at radius 1 is 1.60 bits per heavy atom. The Bertz CT molecular complexity index is 369. The zero-order valence-corrected chi connectivity index (χ0v) is 9.51. The Kier molecular flexibility index (Phi) is 4.32. The number of carbonyl (C=O) groups is 1. The lowest BCUT2D eigenvalue weighted by Gasteiger charge is -2.07. The highest BCUT2D eigenvalue weighted by molar-refractivity contribution is 6.34. The zero-order chi connectivity index (χ0) is 11.4. The Hall–Kier alpha value is -0.840. The lowest BCUT2D eigenvalue weighted by molar-refractivity contribution is 0.0924. The van der Waals surface area contributed by atoms with Crippen molar-refractivity contribution in [2.75, 3.05) is 6.54 Å². The van der Waals surface area contributed by atoms with Crippen LogP contribution >= 0.6 is 23.2 Å². The van der Waals surface area contributed by atoms with Crippen molar-refractivity contribution in [1.82, 2.24) is 10.3 Å². The number of rotatable bonds is 3. The van der Waals surface area contributed by atoms with Gasteiger partial charge in [-0.25, -0.2) is 4.98 Å². The van der Waals surface area contributed by atoms with Gasteiger partial charge < -0.3 is 10.4 Å². The van der Waals surface area contributed by atoms with Crippen molar-refractivity contribution in [3.05, 3.63) is 28.0 Å². The minimum absolute atomic E-state index is 0.0468. The molecular weight excluding hydrogens is 239 g/mol. The first-order valence-electron chi connectivity index (χ1n) is 4.29. The molecule has 0 fully saturated rings. The molecule has 0 saturated heterocycles. The molecule has 1 aromatic rings. The van der Waals surface area contributed by atoms with E-state index < -0.39 is 6.10 Å². The van der Waals surface area contributed by atoms with Gasteiger partial charge in [0, 0.05) is 6.54 Å². The van der Waals surface area contributed by atoms with Gasteiger partial charge in [0.1, 0.15) is 10.3 Å². The van der Waals surface area contributed by atoms with Gasteiger partial charge in [-0.05, 0) is 19.1 Å². The van der Waals surface area contributed by atoms with Crippen molar-refractivity contribution in [2.45, 2.75) is 13.0 Å². The number of nitrogens with one attached hydrogen (secondary N) is 1. The molecule has 0 aliphatic rings. The van der Waals surface area contributed by atoms with Crippen molar-refractivity contribution in [1.29, 1.82) is 0 Å². The highest BCUT2D eigenvalue weighted by Crippen LogP contribution is 2.16. The van der Waals surface area contributed by atoms with Crippen molar-refractivity contribution in [2.24, 2.45) is 0 Å². The second-order valence-corrected chi connectivity index (χ2v) is 3.78. The van der Waals surface area contributed by atoms with Crippen LogP contribution in [0, 0.1) is 0 Å². The molecule has 1 aromatic heterocycles. The van der Waals surface area contributed by atoms with E-state index in [0.29, 0.717) is 0 Å². The Labute approximate surface area is 97.2 Å². The first kappa shape index (κ1) is 12.2. The topological polar surface area (TPSA) is 62.2 Å². The van der Waals surface area contributed by atoms with Gasteiger partial charge in [0.15, 0.2) is 0 Å². The third kappa shape index (κ3) is 3.66. The molecular formula is C9H10Cl2N2O2. The molecule has 82 valence electrons. The highest BCUT2D eigenvalue weighted by Gasteiger charge is 2.11. The van der Waals surface area contributed by atoms with Crippen LogP contribution in [0.1, 0.15) is 17.3 Å². The maximum absolute atomic E-state index is 11.5. The Morgan fingerprint density at radius 3 is 2.80 bits per heavy atom. The fourth-order valence-electron chi connectivity index (χ4n) is 0.917. The number of aromatic nitrogens is 1. The molecule has 2 N–H and O–H groups in total. The van der Waals surface area contributed by atoms with Crippen LogP contribution in [0.3, 0.4) is 0 Å². The molecule has 0 radical (unpaired) electrons. The summed E-state index contributed by atoms with van der Waals surface area (Å²) < 4.78 is 0. The molecule has 0 spiro atoms. The van der Waals surface area contributed by atoms with Gasteiger partial charge in [-0.3, -0.25) is 4.79 Å². The third-order valence-corrected chi connectivity index (χ3v) is 2.12. The van der Waals surface area contributed by atoms with E-state index >= 15 is 0 Å². The average Bonchev–Trinajstić information content (AvgIpc) is 2.14. The van der Waals surface area contributed by atoms with E-state index in [0.717, 1.165) is 0 Å². The molecule has 0 aromatic carbocycles. The number of nitrogens with zero attached hydrogens (tertiary/aromatic N) is 1. The van der Waals surface area contributed by atoms with E-state index in [1.807, 2.05) is 0 Å². The number of hydrogen-bond donors (Lipinski definition) is 2. The zero-order valence-electron chi connectivity index (χ0n) is 8.00. The molecule has 0 saturated carbocycles. The molecule has 1 heterocycles. The summed E-state index contributed by atoms with van der Waals surface area (Å²) in [5.74, 6) is -0.384. The normalized spacial score (nSPS) is 12.3.